The van der Waals surface area contributed by atoms with Crippen LogP contribution >= 0.6 is 12.6 Å². The van der Waals surface area contributed by atoms with E-state index in [2.05, 4.69) is 17.9 Å². The maximum atomic E-state index is 10.5. The molecule has 3 nitrogen and oxygen atoms in total. The molecule has 0 saturated carbocycles. The van der Waals surface area contributed by atoms with Crippen LogP contribution in [0, 0.1) is 0 Å². The molecule has 0 aromatic heterocycles. The highest BCUT2D eigenvalue weighted by Gasteiger charge is 2.24. The summed E-state index contributed by atoms with van der Waals surface area (Å²) >= 11 is 3.58. The normalized spacial score (nSPS) is 25.9. The van der Waals surface area contributed by atoms with Gasteiger partial charge in [-0.05, 0) is 6.42 Å². The van der Waals surface area contributed by atoms with Gasteiger partial charge in [0.2, 0.25) is 11.0 Å². The first-order chi connectivity index (χ1) is 4.20. The summed E-state index contributed by atoms with van der Waals surface area (Å²) in [7, 11) is 0. The summed E-state index contributed by atoms with van der Waals surface area (Å²) in [4.78, 5) is 20.9. The van der Waals surface area contributed by atoms with Crippen molar-refractivity contribution in [1.82, 2.24) is 5.32 Å². The lowest BCUT2D eigenvalue weighted by Gasteiger charge is -2.00. The molecule has 1 rings (SSSR count). The highest BCUT2D eigenvalue weighted by atomic mass is 32.1. The lowest BCUT2D eigenvalue weighted by Crippen LogP contribution is -2.30. The Morgan fingerprint density at radius 1 is 1.78 bits per heavy atom. The number of hydrogen-bond acceptors (Lipinski definition) is 2. The molecule has 0 unspecified atom stereocenters. The molecule has 0 radical (unpaired) electrons. The van der Waals surface area contributed by atoms with Gasteiger partial charge in [-0.1, -0.05) is 0 Å². The molecule has 50 valence electrons. The largest absolute Gasteiger partial charge is 0.345 e. The maximum absolute atomic E-state index is 10.5. The van der Waals surface area contributed by atoms with Crippen LogP contribution in [0.2, 0.25) is 0 Å². The molecule has 0 aromatic rings. The van der Waals surface area contributed by atoms with Gasteiger partial charge in [-0.2, -0.15) is 0 Å². The van der Waals surface area contributed by atoms with Crippen LogP contribution in [0.3, 0.4) is 0 Å². The molecule has 1 saturated heterocycles. The van der Waals surface area contributed by atoms with Crippen LogP contribution in [0.1, 0.15) is 12.8 Å². The van der Waals surface area contributed by atoms with Gasteiger partial charge >= 0.3 is 0 Å². The Labute approximate surface area is 58.2 Å². The van der Waals surface area contributed by atoms with Crippen molar-refractivity contribution in [2.45, 2.75) is 18.9 Å². The number of thiol groups is 1. The third-order valence-electron chi connectivity index (χ3n) is 1.29. The first-order valence-electron chi connectivity index (χ1n) is 2.72. The quantitative estimate of drug-likeness (QED) is 0.498. The third-order valence-corrected chi connectivity index (χ3v) is 1.61. The number of carbonyl (C=O) groups is 2. The van der Waals surface area contributed by atoms with E-state index in [4.69, 9.17) is 0 Å². The summed E-state index contributed by atoms with van der Waals surface area (Å²) in [6, 6.07) is -0.333. The van der Waals surface area contributed by atoms with Crippen LogP contribution in [-0.2, 0) is 9.59 Å². The molecule has 0 aromatic carbocycles. The summed E-state index contributed by atoms with van der Waals surface area (Å²) < 4.78 is 0. The van der Waals surface area contributed by atoms with E-state index in [0.29, 0.717) is 12.8 Å². The Morgan fingerprint density at radius 2 is 2.44 bits per heavy atom. The Balaban J connectivity index is 2.48. The van der Waals surface area contributed by atoms with Crippen molar-refractivity contribution in [3.8, 4) is 0 Å². The average Bonchev–Trinajstić information content (AvgIpc) is 2.14. The number of nitrogens with one attached hydrogen (secondary N) is 1. The van der Waals surface area contributed by atoms with Crippen molar-refractivity contribution in [2.75, 3.05) is 0 Å². The fourth-order valence-electron chi connectivity index (χ4n) is 0.799. The maximum Gasteiger partial charge on any atom is 0.220 e. The fourth-order valence-corrected chi connectivity index (χ4v) is 0.993. The molecule has 1 fully saturated rings. The number of rotatable bonds is 1. The van der Waals surface area contributed by atoms with Gasteiger partial charge in [0.25, 0.3) is 0 Å². The number of carbonyl (C=O) groups excluding carboxylic acids is 2. The van der Waals surface area contributed by atoms with Crippen LogP contribution in [0.5, 0.6) is 0 Å². The molecule has 1 amide bonds. The standard InChI is InChI=1S/C5H7NO2S/c7-4-2-1-3(6-4)5(8)9/h3H,1-2H2,(H,6,7)(H,8,9)/t3-/m1/s1. The van der Waals surface area contributed by atoms with Gasteiger partial charge in [0.05, 0.1) is 6.04 Å². The zero-order chi connectivity index (χ0) is 6.85. The minimum Gasteiger partial charge on any atom is -0.345 e. The average molecular weight is 145 g/mol. The Kier molecular flexibility index (Phi) is 1.75. The number of hydrogen-bond donors (Lipinski definition) is 2. The molecule has 0 aliphatic carbocycles. The molecular weight excluding hydrogens is 138 g/mol. The summed E-state index contributed by atoms with van der Waals surface area (Å²) in [6.07, 6.45) is 1.05. The Morgan fingerprint density at radius 3 is 2.67 bits per heavy atom. The molecule has 1 heterocycles. The summed E-state index contributed by atoms with van der Waals surface area (Å²) in [6.45, 7) is 0. The monoisotopic (exact) mass is 145 g/mol. The molecule has 1 N–H and O–H groups in total. The van der Waals surface area contributed by atoms with Crippen LogP contribution in [0.15, 0.2) is 0 Å². The first-order valence-corrected chi connectivity index (χ1v) is 3.17. The molecule has 1 aliphatic rings. The third kappa shape index (κ3) is 1.45. The molecule has 0 bridgehead atoms. The highest BCUT2D eigenvalue weighted by molar-refractivity contribution is 7.96. The molecule has 9 heavy (non-hydrogen) atoms. The van der Waals surface area contributed by atoms with Gasteiger partial charge in [-0.3, -0.25) is 9.59 Å². The second-order valence-electron chi connectivity index (χ2n) is 2.00. The van der Waals surface area contributed by atoms with Gasteiger partial charge < -0.3 is 5.32 Å². The Hall–Kier alpha value is -0.510. The molecule has 4 heteroatoms. The summed E-state index contributed by atoms with van der Waals surface area (Å²) in [5.74, 6) is -0.0533. The van der Waals surface area contributed by atoms with Gasteiger partial charge in [-0.25, -0.2) is 0 Å². The van der Waals surface area contributed by atoms with Crippen molar-refractivity contribution >= 4 is 23.7 Å². The van der Waals surface area contributed by atoms with Crippen LogP contribution < -0.4 is 5.32 Å². The van der Waals surface area contributed by atoms with Gasteiger partial charge in [-0.15, -0.1) is 12.6 Å². The predicted octanol–water partition coefficient (Wildman–Crippen LogP) is -0.279. The highest BCUT2D eigenvalue weighted by Crippen LogP contribution is 2.08. The summed E-state index contributed by atoms with van der Waals surface area (Å²) in [5.41, 5.74) is 0. The van der Waals surface area contributed by atoms with E-state index in [9.17, 15) is 9.59 Å². The zero-order valence-electron chi connectivity index (χ0n) is 4.76. The SMILES string of the molecule is O=C1CC[C@H](C(=O)S)N1. The van der Waals surface area contributed by atoms with E-state index < -0.39 is 0 Å². The van der Waals surface area contributed by atoms with Gasteiger partial charge in [0.1, 0.15) is 0 Å². The van der Waals surface area contributed by atoms with Gasteiger partial charge in [0.15, 0.2) is 0 Å². The van der Waals surface area contributed by atoms with Crippen molar-refractivity contribution in [1.29, 1.82) is 0 Å². The number of amides is 1. The van der Waals surface area contributed by atoms with Crippen molar-refractivity contribution in [3.05, 3.63) is 0 Å². The lowest BCUT2D eigenvalue weighted by atomic mass is 10.2. The minimum absolute atomic E-state index is 0.0533. The van der Waals surface area contributed by atoms with Crippen LogP contribution in [-0.4, -0.2) is 17.1 Å². The van der Waals surface area contributed by atoms with E-state index in [0.717, 1.165) is 0 Å². The van der Waals surface area contributed by atoms with Crippen molar-refractivity contribution in [2.24, 2.45) is 0 Å². The lowest BCUT2D eigenvalue weighted by molar-refractivity contribution is -0.121. The van der Waals surface area contributed by atoms with Crippen molar-refractivity contribution in [3.63, 3.8) is 0 Å². The molecule has 1 atom stereocenters. The predicted molar refractivity (Wildman–Crippen MR) is 35.2 cm³/mol. The smallest absolute Gasteiger partial charge is 0.220 e. The second kappa shape index (κ2) is 2.39. The second-order valence-corrected chi connectivity index (χ2v) is 2.44. The Bertz CT molecular complexity index is 157. The minimum atomic E-state index is -0.333. The molecule has 0 spiro atoms. The topological polar surface area (TPSA) is 46.2 Å². The molecule has 1 aliphatic heterocycles. The van der Waals surface area contributed by atoms with E-state index in [1.165, 1.54) is 0 Å². The first kappa shape index (κ1) is 6.61. The fraction of sp³-hybridized carbons (Fsp3) is 0.600. The van der Waals surface area contributed by atoms with Crippen molar-refractivity contribution < 1.29 is 9.59 Å². The zero-order valence-corrected chi connectivity index (χ0v) is 5.65. The van der Waals surface area contributed by atoms with Crippen LogP contribution in [0.4, 0.5) is 0 Å². The molecular formula is C5H7NO2S. The van der Waals surface area contributed by atoms with Crippen LogP contribution in [0.25, 0.3) is 0 Å². The van der Waals surface area contributed by atoms with E-state index in [1.54, 1.807) is 0 Å². The van der Waals surface area contributed by atoms with E-state index in [1.807, 2.05) is 0 Å². The van der Waals surface area contributed by atoms with E-state index in [-0.39, 0.29) is 17.1 Å². The summed E-state index contributed by atoms with van der Waals surface area (Å²) in [5, 5.41) is 2.24. The van der Waals surface area contributed by atoms with E-state index >= 15 is 0 Å². The van der Waals surface area contributed by atoms with Gasteiger partial charge in [0, 0.05) is 6.42 Å².